The van der Waals surface area contributed by atoms with Crippen LogP contribution in [0.1, 0.15) is 23.2 Å². The summed E-state index contributed by atoms with van der Waals surface area (Å²) in [6.45, 7) is -0.103. The molecule has 1 heterocycles. The fraction of sp³-hybridized carbons (Fsp3) is 0.188. The Morgan fingerprint density at radius 3 is 2.67 bits per heavy atom. The average Bonchev–Trinajstić information content (AvgIpc) is 2.57. The summed E-state index contributed by atoms with van der Waals surface area (Å²) in [6.07, 6.45) is 1.56. The molecule has 2 amide bonds. The largest absolute Gasteiger partial charge is 0.481 e. The minimum Gasteiger partial charge on any atom is -0.481 e. The van der Waals surface area contributed by atoms with Gasteiger partial charge in [0.15, 0.2) is 0 Å². The Morgan fingerprint density at radius 2 is 1.96 bits per heavy atom. The molecule has 3 N–H and O–H groups in total. The van der Waals surface area contributed by atoms with Crippen molar-refractivity contribution < 1.29 is 24.3 Å². The topological polar surface area (TPSA) is 125 Å². The van der Waals surface area contributed by atoms with E-state index in [-0.39, 0.29) is 19.4 Å². The molecule has 1 aromatic heterocycles. The Bertz CT molecular complexity index is 803. The molecule has 0 spiro atoms. The summed E-state index contributed by atoms with van der Waals surface area (Å²) >= 11 is 0. The van der Waals surface area contributed by atoms with Crippen molar-refractivity contribution in [1.82, 2.24) is 10.3 Å². The molecule has 0 aliphatic carbocycles. The van der Waals surface area contributed by atoms with Crippen LogP contribution in [0, 0.1) is 0 Å². The molecule has 2 rings (SSSR count). The molecule has 0 saturated heterocycles. The van der Waals surface area contributed by atoms with Crippen LogP contribution >= 0.6 is 0 Å². The number of nitrogens with one attached hydrogen (secondary N) is 2. The van der Waals surface area contributed by atoms with Crippen molar-refractivity contribution in [2.75, 3.05) is 11.9 Å². The Kier molecular flexibility index (Phi) is 5.56. The molecule has 8 nitrogen and oxygen atoms in total. The average molecular weight is 329 g/mol. The van der Waals surface area contributed by atoms with Gasteiger partial charge in [0.1, 0.15) is 6.29 Å². The molecule has 0 radical (unpaired) electrons. The minimum atomic E-state index is -1.06. The molecule has 0 unspecified atom stereocenters. The lowest BCUT2D eigenvalue weighted by Crippen LogP contribution is -2.25. The quantitative estimate of drug-likeness (QED) is 0.650. The number of aliphatic carboxylic acids is 1. The highest BCUT2D eigenvalue weighted by molar-refractivity contribution is 6.10. The Morgan fingerprint density at radius 1 is 1.17 bits per heavy atom. The molecule has 8 heteroatoms. The molecular weight excluding hydrogens is 314 g/mol. The van der Waals surface area contributed by atoms with Crippen molar-refractivity contribution in [1.29, 1.82) is 0 Å². The van der Waals surface area contributed by atoms with Crippen LogP contribution in [0.25, 0.3) is 10.9 Å². The van der Waals surface area contributed by atoms with Gasteiger partial charge in [-0.2, -0.15) is 0 Å². The van der Waals surface area contributed by atoms with Crippen LogP contribution in [0.15, 0.2) is 30.5 Å². The van der Waals surface area contributed by atoms with Gasteiger partial charge in [-0.25, -0.2) is 0 Å². The second kappa shape index (κ2) is 7.82. The first-order chi connectivity index (χ1) is 11.5. The second-order valence-corrected chi connectivity index (χ2v) is 4.88. The number of hydrogen-bond acceptors (Lipinski definition) is 5. The van der Waals surface area contributed by atoms with E-state index in [0.717, 1.165) is 0 Å². The number of carbonyl (C=O) groups excluding carboxylic acids is 3. The van der Waals surface area contributed by atoms with Crippen LogP contribution in [-0.4, -0.2) is 40.7 Å². The van der Waals surface area contributed by atoms with Crippen molar-refractivity contribution in [3.05, 3.63) is 36.0 Å². The van der Waals surface area contributed by atoms with Gasteiger partial charge in [-0.3, -0.25) is 19.4 Å². The lowest BCUT2D eigenvalue weighted by Gasteiger charge is -2.10. The van der Waals surface area contributed by atoms with E-state index in [2.05, 4.69) is 15.6 Å². The van der Waals surface area contributed by atoms with Gasteiger partial charge in [-0.15, -0.1) is 0 Å². The van der Waals surface area contributed by atoms with Crippen LogP contribution in [0.2, 0.25) is 0 Å². The van der Waals surface area contributed by atoms with Crippen LogP contribution in [0.4, 0.5) is 5.69 Å². The zero-order chi connectivity index (χ0) is 17.5. The normalized spacial score (nSPS) is 10.2. The van der Waals surface area contributed by atoms with Gasteiger partial charge in [-0.05, 0) is 12.1 Å². The molecule has 0 bridgehead atoms. The first kappa shape index (κ1) is 17.1. The number of pyridine rings is 1. The zero-order valence-corrected chi connectivity index (χ0v) is 12.6. The van der Waals surface area contributed by atoms with Crippen LogP contribution in [0.5, 0.6) is 0 Å². The zero-order valence-electron chi connectivity index (χ0n) is 12.6. The first-order valence-electron chi connectivity index (χ1n) is 7.14. The van der Waals surface area contributed by atoms with Crippen molar-refractivity contribution >= 4 is 40.7 Å². The predicted molar refractivity (Wildman–Crippen MR) is 85.6 cm³/mol. The second-order valence-electron chi connectivity index (χ2n) is 4.88. The summed E-state index contributed by atoms with van der Waals surface area (Å²) in [6, 6.07) is 6.44. The van der Waals surface area contributed by atoms with E-state index in [0.29, 0.717) is 28.4 Å². The maximum Gasteiger partial charge on any atom is 0.303 e. The minimum absolute atomic E-state index is 0.103. The number of carboxylic acids is 1. The number of rotatable bonds is 7. The van der Waals surface area contributed by atoms with Crippen molar-refractivity contribution in [3.8, 4) is 0 Å². The number of anilines is 1. The molecule has 2 aromatic rings. The van der Waals surface area contributed by atoms with E-state index in [1.807, 2.05) is 0 Å². The molecule has 1 aromatic carbocycles. The lowest BCUT2D eigenvalue weighted by atomic mass is 10.1. The Hall–Kier alpha value is -3.29. The molecule has 0 aliphatic heterocycles. The Balaban J connectivity index is 2.30. The highest BCUT2D eigenvalue weighted by Crippen LogP contribution is 2.24. The molecular formula is C16H15N3O5. The molecule has 0 fully saturated rings. The summed E-state index contributed by atoms with van der Waals surface area (Å²) in [7, 11) is 0. The number of benzene rings is 1. The van der Waals surface area contributed by atoms with Gasteiger partial charge in [0.2, 0.25) is 5.91 Å². The molecule has 0 saturated carbocycles. The summed E-state index contributed by atoms with van der Waals surface area (Å²) in [5.74, 6) is -1.94. The number of carbonyl (C=O) groups is 4. The van der Waals surface area contributed by atoms with E-state index in [9.17, 15) is 19.2 Å². The number of fused-ring (bicyclic) bond motifs is 1. The van der Waals surface area contributed by atoms with Gasteiger partial charge in [-0.1, -0.05) is 12.1 Å². The maximum atomic E-state index is 12.1. The van der Waals surface area contributed by atoms with Crippen LogP contribution < -0.4 is 10.6 Å². The van der Waals surface area contributed by atoms with Gasteiger partial charge in [0, 0.05) is 18.0 Å². The molecule has 0 atom stereocenters. The summed E-state index contributed by atoms with van der Waals surface area (Å²) in [5.41, 5.74) is 1.11. The third kappa shape index (κ3) is 4.13. The van der Waals surface area contributed by atoms with E-state index in [4.69, 9.17) is 5.11 Å². The van der Waals surface area contributed by atoms with Crippen molar-refractivity contribution in [3.63, 3.8) is 0 Å². The predicted octanol–water partition coefficient (Wildman–Crippen LogP) is 0.967. The van der Waals surface area contributed by atoms with E-state index in [1.165, 1.54) is 12.3 Å². The van der Waals surface area contributed by atoms with Crippen LogP contribution in [0.3, 0.4) is 0 Å². The monoisotopic (exact) mass is 329 g/mol. The molecule has 124 valence electrons. The van der Waals surface area contributed by atoms with Gasteiger partial charge in [0.05, 0.1) is 29.7 Å². The van der Waals surface area contributed by atoms with Gasteiger partial charge < -0.3 is 20.5 Å². The summed E-state index contributed by atoms with van der Waals surface area (Å²) < 4.78 is 0. The van der Waals surface area contributed by atoms with E-state index >= 15 is 0 Å². The number of aromatic nitrogens is 1. The highest BCUT2D eigenvalue weighted by Gasteiger charge is 2.14. The van der Waals surface area contributed by atoms with E-state index in [1.54, 1.807) is 18.2 Å². The number of aldehydes is 1. The first-order valence-corrected chi connectivity index (χ1v) is 7.14. The standard InChI is InChI=1S/C16H15N3O5/c20-9-8-18-16(24)11-6-7-17-15-10(11)2-1-3-12(15)19-13(21)4-5-14(22)23/h1-3,6-7,9H,4-5,8H2,(H,18,24)(H,19,21)(H,22,23). The maximum absolute atomic E-state index is 12.1. The van der Waals surface area contributed by atoms with Crippen molar-refractivity contribution in [2.24, 2.45) is 0 Å². The van der Waals surface area contributed by atoms with E-state index < -0.39 is 17.8 Å². The SMILES string of the molecule is O=CCNC(=O)c1ccnc2c(NC(=O)CCC(=O)O)cccc12. The molecule has 0 aliphatic rings. The van der Waals surface area contributed by atoms with Crippen molar-refractivity contribution in [2.45, 2.75) is 12.8 Å². The van der Waals surface area contributed by atoms with Gasteiger partial charge >= 0.3 is 5.97 Å². The third-order valence-electron chi connectivity index (χ3n) is 3.20. The Labute approximate surface area is 136 Å². The fourth-order valence-corrected chi connectivity index (χ4v) is 2.14. The third-order valence-corrected chi connectivity index (χ3v) is 3.20. The fourth-order valence-electron chi connectivity index (χ4n) is 2.14. The molecule has 24 heavy (non-hydrogen) atoms. The smallest absolute Gasteiger partial charge is 0.303 e. The summed E-state index contributed by atoms with van der Waals surface area (Å²) in [4.78, 5) is 48.9. The highest BCUT2D eigenvalue weighted by atomic mass is 16.4. The van der Waals surface area contributed by atoms with Gasteiger partial charge in [0.25, 0.3) is 5.91 Å². The lowest BCUT2D eigenvalue weighted by molar-refractivity contribution is -0.138. The number of amides is 2. The number of para-hydroxylation sites is 1. The number of hydrogen-bond donors (Lipinski definition) is 3. The van der Waals surface area contributed by atoms with Crippen LogP contribution in [-0.2, 0) is 14.4 Å². The number of nitrogens with zero attached hydrogens (tertiary/aromatic N) is 1. The number of carboxylic acid groups (broad SMARTS) is 1. The summed E-state index contributed by atoms with van der Waals surface area (Å²) in [5, 5.41) is 14.2.